The summed E-state index contributed by atoms with van der Waals surface area (Å²) in [4.78, 5) is 16.9. The molecule has 0 radical (unpaired) electrons. The van der Waals surface area contributed by atoms with Gasteiger partial charge in [0.2, 0.25) is 0 Å². The Bertz CT molecular complexity index is 518. The van der Waals surface area contributed by atoms with Crippen molar-refractivity contribution < 1.29 is 10.2 Å². The first kappa shape index (κ1) is 11.4. The zero-order valence-corrected chi connectivity index (χ0v) is 9.82. The summed E-state index contributed by atoms with van der Waals surface area (Å²) in [6.45, 7) is 4.34. The van der Waals surface area contributed by atoms with E-state index in [1.165, 1.54) is 6.34 Å². The predicted octanol–water partition coefficient (Wildman–Crippen LogP) is -0.175. The van der Waals surface area contributed by atoms with Gasteiger partial charge in [0.05, 0.1) is 19.3 Å². The molecule has 18 heavy (non-hydrogen) atoms. The van der Waals surface area contributed by atoms with Crippen molar-refractivity contribution in [3.63, 3.8) is 0 Å². The highest BCUT2D eigenvalue weighted by Crippen LogP contribution is 2.37. The summed E-state index contributed by atoms with van der Waals surface area (Å²) >= 11 is 0. The summed E-state index contributed by atoms with van der Waals surface area (Å²) in [6, 6.07) is 0. The molecule has 2 heterocycles. The van der Waals surface area contributed by atoms with Crippen molar-refractivity contribution in [2.24, 2.45) is 31.8 Å². The standard InChI is InChI=1S/C12H14N4O2/c1-6-7(2-10(18)8(6)4-17)11-13-3-9-12(16-11)15-5-14-9/h5,7-8,10,17-18H,1-4H2/t7-,8-,10-/m0/s1. The highest BCUT2D eigenvalue weighted by atomic mass is 16.3. The van der Waals surface area contributed by atoms with Crippen LogP contribution in [0.4, 0.5) is 0 Å². The summed E-state index contributed by atoms with van der Waals surface area (Å²) in [5, 5.41) is 19.1. The molecule has 3 atom stereocenters. The zero-order chi connectivity index (χ0) is 12.7. The van der Waals surface area contributed by atoms with Gasteiger partial charge in [-0.3, -0.25) is 4.99 Å². The quantitative estimate of drug-likeness (QED) is 0.662. The molecule has 0 aromatic rings. The van der Waals surface area contributed by atoms with Gasteiger partial charge in [-0.2, -0.15) is 0 Å². The van der Waals surface area contributed by atoms with Crippen LogP contribution in [0.25, 0.3) is 0 Å². The molecular formula is C12H14N4O2. The molecule has 1 fully saturated rings. The SMILES string of the molecule is C=C1[C@@H](C2=NCC3=NC=NC3=N2)C[C@H](O)[C@H]1CO. The van der Waals surface area contributed by atoms with Crippen molar-refractivity contribution >= 4 is 23.7 Å². The molecule has 0 aromatic carbocycles. The van der Waals surface area contributed by atoms with Gasteiger partial charge in [0.1, 0.15) is 17.9 Å². The van der Waals surface area contributed by atoms with Crippen LogP contribution in [-0.2, 0) is 0 Å². The first-order chi connectivity index (χ1) is 8.70. The number of fused-ring (bicyclic) bond motifs is 1. The summed E-state index contributed by atoms with van der Waals surface area (Å²) in [5.41, 5.74) is 1.58. The summed E-state index contributed by atoms with van der Waals surface area (Å²) in [5.74, 6) is 0.875. The van der Waals surface area contributed by atoms with Crippen LogP contribution in [0.3, 0.4) is 0 Å². The summed E-state index contributed by atoms with van der Waals surface area (Å²) in [6.07, 6.45) is 1.41. The van der Waals surface area contributed by atoms with E-state index in [4.69, 9.17) is 0 Å². The van der Waals surface area contributed by atoms with Gasteiger partial charge in [0.25, 0.3) is 0 Å². The lowest BCUT2D eigenvalue weighted by molar-refractivity contribution is 0.102. The molecule has 6 nitrogen and oxygen atoms in total. The fraction of sp³-hybridized carbons (Fsp3) is 0.500. The van der Waals surface area contributed by atoms with E-state index in [0.717, 1.165) is 11.3 Å². The monoisotopic (exact) mass is 246 g/mol. The van der Waals surface area contributed by atoms with Crippen LogP contribution in [-0.4, -0.2) is 53.2 Å². The summed E-state index contributed by atoms with van der Waals surface area (Å²) < 4.78 is 0. The van der Waals surface area contributed by atoms with E-state index in [1.807, 2.05) is 0 Å². The van der Waals surface area contributed by atoms with Crippen LogP contribution < -0.4 is 0 Å². The third-order valence-electron chi connectivity index (χ3n) is 3.64. The van der Waals surface area contributed by atoms with Crippen molar-refractivity contribution in [3.05, 3.63) is 12.2 Å². The van der Waals surface area contributed by atoms with E-state index in [2.05, 4.69) is 26.5 Å². The summed E-state index contributed by atoms with van der Waals surface area (Å²) in [7, 11) is 0. The minimum absolute atomic E-state index is 0.0921. The molecule has 1 aliphatic carbocycles. The van der Waals surface area contributed by atoms with Crippen LogP contribution in [0.15, 0.2) is 32.1 Å². The van der Waals surface area contributed by atoms with E-state index in [9.17, 15) is 10.2 Å². The number of amidine groups is 2. The smallest absolute Gasteiger partial charge is 0.179 e. The van der Waals surface area contributed by atoms with E-state index < -0.39 is 6.10 Å². The van der Waals surface area contributed by atoms with Crippen LogP contribution in [0.2, 0.25) is 0 Å². The predicted molar refractivity (Wildman–Crippen MR) is 69.5 cm³/mol. The molecule has 0 unspecified atom stereocenters. The van der Waals surface area contributed by atoms with E-state index >= 15 is 0 Å². The average molecular weight is 246 g/mol. The molecule has 3 rings (SSSR count). The second-order valence-corrected chi connectivity index (χ2v) is 4.65. The lowest BCUT2D eigenvalue weighted by Gasteiger charge is -2.16. The molecule has 0 saturated heterocycles. The zero-order valence-electron chi connectivity index (χ0n) is 9.82. The number of rotatable bonds is 2. The Morgan fingerprint density at radius 2 is 2.28 bits per heavy atom. The average Bonchev–Trinajstić information content (AvgIpc) is 2.93. The van der Waals surface area contributed by atoms with E-state index in [1.54, 1.807) is 0 Å². The highest BCUT2D eigenvalue weighted by Gasteiger charge is 2.39. The Labute approximate surface area is 104 Å². The minimum atomic E-state index is -0.572. The third kappa shape index (κ3) is 1.65. The lowest BCUT2D eigenvalue weighted by atomic mass is 9.97. The number of aliphatic imine (C=N–C) groups is 4. The molecular weight excluding hydrogens is 232 g/mol. The number of hydrogen-bond acceptors (Lipinski definition) is 6. The van der Waals surface area contributed by atoms with Gasteiger partial charge in [-0.1, -0.05) is 12.2 Å². The highest BCUT2D eigenvalue weighted by molar-refractivity contribution is 6.49. The number of aliphatic hydroxyl groups is 2. The number of aliphatic hydroxyl groups excluding tert-OH is 2. The lowest BCUT2D eigenvalue weighted by Crippen LogP contribution is -2.24. The molecule has 0 bridgehead atoms. The molecule has 2 N–H and O–H groups in total. The van der Waals surface area contributed by atoms with Crippen molar-refractivity contribution in [1.29, 1.82) is 0 Å². The van der Waals surface area contributed by atoms with Crippen molar-refractivity contribution in [2.75, 3.05) is 13.2 Å². The first-order valence-electron chi connectivity index (χ1n) is 5.91. The molecule has 2 aliphatic heterocycles. The number of hydrogen-bond donors (Lipinski definition) is 2. The largest absolute Gasteiger partial charge is 0.396 e. The molecule has 0 amide bonds. The van der Waals surface area contributed by atoms with Crippen LogP contribution in [0, 0.1) is 11.8 Å². The molecule has 3 aliphatic rings. The maximum atomic E-state index is 9.87. The van der Waals surface area contributed by atoms with Gasteiger partial charge in [0, 0.05) is 11.8 Å². The maximum absolute atomic E-state index is 9.87. The molecule has 0 spiro atoms. The Hall–Kier alpha value is -1.66. The van der Waals surface area contributed by atoms with E-state index in [-0.39, 0.29) is 18.4 Å². The Morgan fingerprint density at radius 1 is 1.44 bits per heavy atom. The van der Waals surface area contributed by atoms with Gasteiger partial charge < -0.3 is 10.2 Å². The molecule has 0 aromatic heterocycles. The second kappa shape index (κ2) is 4.22. The van der Waals surface area contributed by atoms with Crippen molar-refractivity contribution in [3.8, 4) is 0 Å². The van der Waals surface area contributed by atoms with Crippen molar-refractivity contribution in [2.45, 2.75) is 12.5 Å². The van der Waals surface area contributed by atoms with Crippen LogP contribution in [0.5, 0.6) is 0 Å². The van der Waals surface area contributed by atoms with Gasteiger partial charge in [-0.15, -0.1) is 0 Å². The Morgan fingerprint density at radius 3 is 3.00 bits per heavy atom. The van der Waals surface area contributed by atoms with Gasteiger partial charge >= 0.3 is 0 Å². The van der Waals surface area contributed by atoms with Crippen molar-refractivity contribution in [1.82, 2.24) is 0 Å². The second-order valence-electron chi connectivity index (χ2n) is 4.65. The Balaban J connectivity index is 1.85. The molecule has 94 valence electrons. The minimum Gasteiger partial charge on any atom is -0.396 e. The van der Waals surface area contributed by atoms with Gasteiger partial charge in [-0.05, 0) is 6.42 Å². The maximum Gasteiger partial charge on any atom is 0.179 e. The fourth-order valence-electron chi connectivity index (χ4n) is 2.55. The van der Waals surface area contributed by atoms with Crippen LogP contribution >= 0.6 is 0 Å². The molecule has 1 saturated carbocycles. The normalized spacial score (nSPS) is 34.2. The van der Waals surface area contributed by atoms with E-state index in [0.29, 0.717) is 24.6 Å². The van der Waals surface area contributed by atoms with Crippen LogP contribution in [0.1, 0.15) is 6.42 Å². The molecule has 6 heteroatoms. The topological polar surface area (TPSA) is 89.9 Å². The first-order valence-corrected chi connectivity index (χ1v) is 5.91. The Kier molecular flexibility index (Phi) is 2.68. The fourth-order valence-corrected chi connectivity index (χ4v) is 2.55. The number of nitrogens with zero attached hydrogens (tertiary/aromatic N) is 4. The van der Waals surface area contributed by atoms with Gasteiger partial charge in [-0.25, -0.2) is 15.0 Å². The van der Waals surface area contributed by atoms with Gasteiger partial charge in [0.15, 0.2) is 5.84 Å². The third-order valence-corrected chi connectivity index (χ3v) is 3.64.